The van der Waals surface area contributed by atoms with Crippen molar-refractivity contribution in [3.8, 4) is 10.6 Å². The van der Waals surface area contributed by atoms with Gasteiger partial charge in [-0.15, -0.1) is 11.3 Å². The van der Waals surface area contributed by atoms with Crippen LogP contribution in [0.3, 0.4) is 0 Å². The van der Waals surface area contributed by atoms with Crippen LogP contribution >= 0.6 is 11.3 Å². The molecular formula is C19H19N5O3S2. The van der Waals surface area contributed by atoms with Crippen LogP contribution in [0.25, 0.3) is 10.6 Å². The number of aromatic nitrogens is 2. The van der Waals surface area contributed by atoms with Gasteiger partial charge in [0.05, 0.1) is 15.5 Å². The number of thiophene rings is 1. The molecule has 1 aliphatic heterocycles. The fourth-order valence-electron chi connectivity index (χ4n) is 2.93. The lowest BCUT2D eigenvalue weighted by atomic mass is 10.3. The van der Waals surface area contributed by atoms with Crippen LogP contribution in [0.2, 0.25) is 0 Å². The first kappa shape index (κ1) is 19.3. The van der Waals surface area contributed by atoms with Crippen molar-refractivity contribution in [1.29, 1.82) is 0 Å². The van der Waals surface area contributed by atoms with E-state index in [1.165, 1.54) is 11.3 Å². The zero-order valence-electron chi connectivity index (χ0n) is 15.4. The Morgan fingerprint density at radius 2 is 1.97 bits per heavy atom. The topological polar surface area (TPSA) is 104 Å². The lowest BCUT2D eigenvalue weighted by Crippen LogP contribution is -2.32. The molecule has 2 aromatic heterocycles. The zero-order valence-corrected chi connectivity index (χ0v) is 17.0. The Morgan fingerprint density at radius 3 is 2.72 bits per heavy atom. The number of carbonyl (C=O) groups is 1. The number of urea groups is 1. The van der Waals surface area contributed by atoms with Crippen molar-refractivity contribution in [3.63, 3.8) is 0 Å². The molecule has 1 fully saturated rings. The molecule has 1 saturated heterocycles. The Hall–Kier alpha value is -2.98. The molecule has 29 heavy (non-hydrogen) atoms. The average molecular weight is 430 g/mol. The molecule has 0 atom stereocenters. The van der Waals surface area contributed by atoms with E-state index >= 15 is 0 Å². The van der Waals surface area contributed by atoms with Crippen LogP contribution in [-0.2, 0) is 9.84 Å². The van der Waals surface area contributed by atoms with Crippen LogP contribution in [0, 0.1) is 0 Å². The number of rotatable bonds is 7. The highest BCUT2D eigenvalue weighted by Gasteiger charge is 2.21. The van der Waals surface area contributed by atoms with Crippen molar-refractivity contribution >= 4 is 33.2 Å². The predicted molar refractivity (Wildman–Crippen MR) is 111 cm³/mol. The third kappa shape index (κ3) is 4.22. The molecule has 1 aromatic carbocycles. The minimum atomic E-state index is -3.55. The van der Waals surface area contributed by atoms with Gasteiger partial charge in [-0.3, -0.25) is 0 Å². The summed E-state index contributed by atoms with van der Waals surface area (Å²) in [6.45, 7) is 2.43. The molecule has 0 radical (unpaired) electrons. The van der Waals surface area contributed by atoms with Crippen molar-refractivity contribution in [2.45, 2.75) is 9.10 Å². The molecule has 8 nitrogen and oxygen atoms in total. The highest BCUT2D eigenvalue weighted by molar-refractivity contribution is 7.93. The fraction of sp³-hybridized carbons (Fsp3) is 0.211. The van der Waals surface area contributed by atoms with Crippen molar-refractivity contribution < 1.29 is 13.2 Å². The maximum atomic E-state index is 12.8. The number of nitrogens with zero attached hydrogens (tertiary/aromatic N) is 3. The second-order valence-electron chi connectivity index (χ2n) is 6.35. The lowest BCUT2D eigenvalue weighted by Gasteiger charge is -2.14. The fourth-order valence-corrected chi connectivity index (χ4v) is 5.63. The minimum absolute atomic E-state index is 0.0628. The number of amides is 2. The summed E-state index contributed by atoms with van der Waals surface area (Å²) < 4.78 is 25.8. The van der Waals surface area contributed by atoms with Crippen molar-refractivity contribution in [2.24, 2.45) is 0 Å². The number of hydrogen-bond acceptors (Lipinski definition) is 7. The van der Waals surface area contributed by atoms with Gasteiger partial charge >= 0.3 is 6.03 Å². The van der Waals surface area contributed by atoms with Gasteiger partial charge in [-0.25, -0.2) is 23.2 Å². The number of sulfone groups is 1. The molecule has 150 valence electrons. The van der Waals surface area contributed by atoms with Gasteiger partial charge in [-0.05, 0) is 30.3 Å². The smallest absolute Gasteiger partial charge is 0.317 e. The molecule has 2 amide bonds. The predicted octanol–water partition coefficient (Wildman–Crippen LogP) is 2.48. The largest absolute Gasteiger partial charge is 0.352 e. The molecule has 0 saturated carbocycles. The summed E-state index contributed by atoms with van der Waals surface area (Å²) in [6, 6.07) is 13.4. The molecule has 3 heterocycles. The van der Waals surface area contributed by atoms with Crippen LogP contribution in [-0.4, -0.2) is 55.5 Å². The van der Waals surface area contributed by atoms with E-state index in [4.69, 9.17) is 0 Å². The Balaban J connectivity index is 1.47. The van der Waals surface area contributed by atoms with E-state index in [9.17, 15) is 13.2 Å². The van der Waals surface area contributed by atoms with Gasteiger partial charge in [0, 0.05) is 32.4 Å². The molecule has 0 unspecified atom stereocenters. The normalized spacial score (nSPS) is 14.1. The van der Waals surface area contributed by atoms with Gasteiger partial charge in [0.2, 0.25) is 15.8 Å². The van der Waals surface area contributed by atoms with E-state index in [1.54, 1.807) is 59.6 Å². The van der Waals surface area contributed by atoms with Crippen LogP contribution in [0.5, 0.6) is 0 Å². The van der Waals surface area contributed by atoms with Gasteiger partial charge in [0.15, 0.2) is 0 Å². The summed E-state index contributed by atoms with van der Waals surface area (Å²) >= 11 is 1.17. The van der Waals surface area contributed by atoms with Gasteiger partial charge in [-0.2, -0.15) is 0 Å². The summed E-state index contributed by atoms with van der Waals surface area (Å²) in [6.07, 6.45) is 1.62. The molecule has 0 bridgehead atoms. The number of benzene rings is 1. The van der Waals surface area contributed by atoms with E-state index in [0.29, 0.717) is 37.8 Å². The van der Waals surface area contributed by atoms with Crippen LogP contribution in [0.15, 0.2) is 63.8 Å². The van der Waals surface area contributed by atoms with Crippen LogP contribution in [0.1, 0.15) is 0 Å². The number of nitrogens with one attached hydrogen (secondary N) is 2. The van der Waals surface area contributed by atoms with Gasteiger partial charge < -0.3 is 15.5 Å². The molecule has 2 N–H and O–H groups in total. The highest BCUT2D eigenvalue weighted by atomic mass is 32.2. The van der Waals surface area contributed by atoms with Gasteiger partial charge in [-0.1, -0.05) is 18.2 Å². The van der Waals surface area contributed by atoms with Gasteiger partial charge in [0.1, 0.15) is 4.21 Å². The van der Waals surface area contributed by atoms with E-state index in [2.05, 4.69) is 20.6 Å². The lowest BCUT2D eigenvalue weighted by molar-refractivity contribution is 0.219. The highest BCUT2D eigenvalue weighted by Crippen LogP contribution is 2.33. The Labute approximate surface area is 172 Å². The van der Waals surface area contributed by atoms with E-state index in [-0.39, 0.29) is 15.1 Å². The van der Waals surface area contributed by atoms with Crippen molar-refractivity contribution in [2.75, 3.05) is 31.5 Å². The quantitative estimate of drug-likeness (QED) is 0.598. The monoisotopic (exact) mass is 429 g/mol. The summed E-state index contributed by atoms with van der Waals surface area (Å²) in [5.74, 6) is 0.433. The summed E-state index contributed by atoms with van der Waals surface area (Å²) in [7, 11) is -3.55. The van der Waals surface area contributed by atoms with Crippen molar-refractivity contribution in [1.82, 2.24) is 20.2 Å². The van der Waals surface area contributed by atoms with Gasteiger partial charge in [0.25, 0.3) is 0 Å². The third-order valence-electron chi connectivity index (χ3n) is 4.42. The van der Waals surface area contributed by atoms with Crippen LogP contribution in [0.4, 0.5) is 10.7 Å². The Bertz CT molecular complexity index is 1120. The summed E-state index contributed by atoms with van der Waals surface area (Å²) in [5.41, 5.74) is 0.640. The average Bonchev–Trinajstić information content (AvgIpc) is 3.39. The number of anilines is 1. The van der Waals surface area contributed by atoms with Crippen molar-refractivity contribution in [3.05, 3.63) is 54.7 Å². The molecule has 0 aliphatic carbocycles. The minimum Gasteiger partial charge on any atom is -0.352 e. The molecular weight excluding hydrogens is 410 g/mol. The SMILES string of the molecule is O=C1NCCN1CCNc1nccc(-c2ccc(S(=O)(=O)c3ccccc3)s2)n1. The number of carbonyl (C=O) groups excluding carboxylic acids is 1. The second kappa shape index (κ2) is 8.18. The number of hydrogen-bond donors (Lipinski definition) is 2. The Kier molecular flexibility index (Phi) is 5.45. The van der Waals surface area contributed by atoms with E-state index in [1.807, 2.05) is 0 Å². The standard InChI is InChI=1S/C19H19N5O3S2/c25-19-22-11-13-24(19)12-10-21-18-20-9-8-15(23-18)16-6-7-17(28-16)29(26,27)14-4-2-1-3-5-14/h1-9H,10-13H2,(H,22,25)(H,20,21,23). The van der Waals surface area contributed by atoms with Crippen LogP contribution < -0.4 is 10.6 Å². The molecule has 3 aromatic rings. The van der Waals surface area contributed by atoms with E-state index in [0.717, 1.165) is 4.88 Å². The molecule has 0 spiro atoms. The Morgan fingerprint density at radius 1 is 1.14 bits per heavy atom. The molecule has 4 rings (SSSR count). The second-order valence-corrected chi connectivity index (χ2v) is 9.61. The first-order valence-electron chi connectivity index (χ1n) is 9.04. The maximum absolute atomic E-state index is 12.8. The zero-order chi connectivity index (χ0) is 20.3. The maximum Gasteiger partial charge on any atom is 0.317 e. The third-order valence-corrected chi connectivity index (χ3v) is 7.79. The first-order valence-corrected chi connectivity index (χ1v) is 11.3. The van der Waals surface area contributed by atoms with E-state index < -0.39 is 9.84 Å². The summed E-state index contributed by atoms with van der Waals surface area (Å²) in [4.78, 5) is 22.9. The first-order chi connectivity index (χ1) is 14.0. The molecule has 10 heteroatoms. The molecule has 1 aliphatic rings. The summed E-state index contributed by atoms with van der Waals surface area (Å²) in [5, 5.41) is 5.86.